The first-order valence-electron chi connectivity index (χ1n) is 6.98. The molecule has 0 saturated carbocycles. The van der Waals surface area contributed by atoms with Crippen molar-refractivity contribution < 1.29 is 14.3 Å². The van der Waals surface area contributed by atoms with Crippen LogP contribution in [0.2, 0.25) is 0 Å². The molecule has 116 valence electrons. The summed E-state index contributed by atoms with van der Waals surface area (Å²) in [6, 6.07) is 7.57. The van der Waals surface area contributed by atoms with Gasteiger partial charge in [0.05, 0.1) is 13.4 Å². The van der Waals surface area contributed by atoms with Crippen molar-refractivity contribution in [3.05, 3.63) is 53.6 Å². The summed E-state index contributed by atoms with van der Waals surface area (Å²) in [6.45, 7) is 2.02. The van der Waals surface area contributed by atoms with Crippen molar-refractivity contribution >= 4 is 11.9 Å². The van der Waals surface area contributed by atoms with Crippen molar-refractivity contribution in [2.45, 2.75) is 25.8 Å². The third kappa shape index (κ3) is 3.72. The number of carbonyl (C=O) groups is 2. The maximum atomic E-state index is 12.0. The number of carbonyl (C=O) groups excluding carboxylic acids is 2. The monoisotopic (exact) mass is 301 g/mol. The Morgan fingerprint density at radius 3 is 2.77 bits per heavy atom. The van der Waals surface area contributed by atoms with E-state index in [0.29, 0.717) is 12.8 Å². The van der Waals surface area contributed by atoms with Crippen LogP contribution >= 0.6 is 0 Å². The lowest BCUT2D eigenvalue weighted by Gasteiger charge is -2.16. The van der Waals surface area contributed by atoms with E-state index >= 15 is 0 Å². The van der Waals surface area contributed by atoms with Gasteiger partial charge in [-0.15, -0.1) is 0 Å². The number of amides is 1. The van der Waals surface area contributed by atoms with Crippen molar-refractivity contribution in [3.8, 4) is 0 Å². The molecule has 0 saturated heterocycles. The standard InChI is InChI=1S/C16H19N3O3/c1-11-4-3-5-12(8-11)6-7-14(16(21)22-2)19-9-13(15(17)20)18-10-19/h3-5,8-10,14H,6-7H2,1-2H3,(H2,17,20). The highest BCUT2D eigenvalue weighted by Crippen LogP contribution is 2.18. The number of ether oxygens (including phenoxy) is 1. The zero-order valence-corrected chi connectivity index (χ0v) is 12.7. The average Bonchev–Trinajstić information content (AvgIpc) is 2.97. The minimum Gasteiger partial charge on any atom is -0.467 e. The van der Waals surface area contributed by atoms with Crippen LogP contribution in [0.3, 0.4) is 0 Å². The minimum atomic E-state index is -0.624. The smallest absolute Gasteiger partial charge is 0.328 e. The molecule has 22 heavy (non-hydrogen) atoms. The average molecular weight is 301 g/mol. The van der Waals surface area contributed by atoms with Crippen LogP contribution in [0.15, 0.2) is 36.8 Å². The van der Waals surface area contributed by atoms with Gasteiger partial charge in [0.25, 0.3) is 5.91 Å². The SMILES string of the molecule is COC(=O)C(CCc1cccc(C)c1)n1cnc(C(N)=O)c1. The van der Waals surface area contributed by atoms with Gasteiger partial charge >= 0.3 is 5.97 Å². The largest absolute Gasteiger partial charge is 0.467 e. The zero-order chi connectivity index (χ0) is 16.1. The van der Waals surface area contributed by atoms with Gasteiger partial charge in [0.15, 0.2) is 0 Å². The minimum absolute atomic E-state index is 0.129. The number of nitrogens with zero attached hydrogens (tertiary/aromatic N) is 2. The second-order valence-corrected chi connectivity index (χ2v) is 5.14. The number of nitrogens with two attached hydrogens (primary N) is 1. The van der Waals surface area contributed by atoms with Crippen molar-refractivity contribution in [1.29, 1.82) is 0 Å². The molecule has 1 atom stereocenters. The molecule has 2 rings (SSSR count). The van der Waals surface area contributed by atoms with Gasteiger partial charge in [0.2, 0.25) is 0 Å². The second kappa shape index (κ2) is 6.89. The summed E-state index contributed by atoms with van der Waals surface area (Å²) in [4.78, 5) is 27.0. The molecule has 1 aromatic carbocycles. The van der Waals surface area contributed by atoms with Gasteiger partial charge in [-0.25, -0.2) is 9.78 Å². The van der Waals surface area contributed by atoms with Crippen LogP contribution < -0.4 is 5.73 Å². The highest BCUT2D eigenvalue weighted by atomic mass is 16.5. The fourth-order valence-electron chi connectivity index (χ4n) is 2.33. The summed E-state index contributed by atoms with van der Waals surface area (Å²) in [6.07, 6.45) is 4.16. The van der Waals surface area contributed by atoms with Crippen molar-refractivity contribution in [3.63, 3.8) is 0 Å². The number of aromatic nitrogens is 2. The normalized spacial score (nSPS) is 11.9. The van der Waals surface area contributed by atoms with Gasteiger partial charge in [-0.2, -0.15) is 0 Å². The Bertz CT molecular complexity index is 679. The maximum Gasteiger partial charge on any atom is 0.328 e. The molecule has 0 spiro atoms. The Labute approximate surface area is 128 Å². The number of primary amides is 1. The molecule has 6 heteroatoms. The molecule has 1 amide bonds. The summed E-state index contributed by atoms with van der Waals surface area (Å²) in [7, 11) is 1.34. The quantitative estimate of drug-likeness (QED) is 0.822. The molecule has 0 aliphatic carbocycles. The van der Waals surface area contributed by atoms with Crippen LogP contribution in [0.1, 0.15) is 34.1 Å². The molecule has 0 fully saturated rings. The molecule has 1 aromatic heterocycles. The lowest BCUT2D eigenvalue weighted by molar-refractivity contribution is -0.144. The van der Waals surface area contributed by atoms with E-state index in [1.807, 2.05) is 25.1 Å². The number of hydrogen-bond donors (Lipinski definition) is 1. The van der Waals surface area contributed by atoms with Gasteiger partial charge in [-0.3, -0.25) is 4.79 Å². The van der Waals surface area contributed by atoms with Gasteiger partial charge in [0.1, 0.15) is 11.7 Å². The molecule has 6 nitrogen and oxygen atoms in total. The zero-order valence-electron chi connectivity index (χ0n) is 12.7. The second-order valence-electron chi connectivity index (χ2n) is 5.14. The van der Waals surface area contributed by atoms with E-state index in [1.54, 1.807) is 4.57 Å². The van der Waals surface area contributed by atoms with Gasteiger partial charge < -0.3 is 15.0 Å². The predicted octanol–water partition coefficient (Wildman–Crippen LogP) is 1.64. The van der Waals surface area contributed by atoms with E-state index in [9.17, 15) is 9.59 Å². The first kappa shape index (κ1) is 15.8. The Morgan fingerprint density at radius 2 is 2.18 bits per heavy atom. The van der Waals surface area contributed by atoms with Crippen LogP contribution in [-0.2, 0) is 16.0 Å². The lowest BCUT2D eigenvalue weighted by Crippen LogP contribution is -2.21. The van der Waals surface area contributed by atoms with E-state index in [-0.39, 0.29) is 11.7 Å². The predicted molar refractivity (Wildman–Crippen MR) is 81.3 cm³/mol. The maximum absolute atomic E-state index is 12.0. The van der Waals surface area contributed by atoms with E-state index < -0.39 is 11.9 Å². The Balaban J connectivity index is 2.15. The summed E-state index contributed by atoms with van der Waals surface area (Å²) in [5, 5.41) is 0. The van der Waals surface area contributed by atoms with Crippen molar-refractivity contribution in [1.82, 2.24) is 9.55 Å². The van der Waals surface area contributed by atoms with E-state index in [1.165, 1.54) is 25.2 Å². The van der Waals surface area contributed by atoms with E-state index in [0.717, 1.165) is 5.56 Å². The number of aryl methyl sites for hydroxylation is 2. The van der Waals surface area contributed by atoms with Crippen molar-refractivity contribution in [2.24, 2.45) is 5.73 Å². The first-order chi connectivity index (χ1) is 10.5. The topological polar surface area (TPSA) is 87.2 Å². The number of esters is 1. The number of benzene rings is 1. The first-order valence-corrected chi connectivity index (χ1v) is 6.98. The van der Waals surface area contributed by atoms with Crippen LogP contribution in [0.4, 0.5) is 0 Å². The highest BCUT2D eigenvalue weighted by Gasteiger charge is 2.22. The Hall–Kier alpha value is -2.63. The Kier molecular flexibility index (Phi) is 4.93. The molecule has 2 aromatic rings. The van der Waals surface area contributed by atoms with Gasteiger partial charge in [-0.05, 0) is 25.3 Å². The highest BCUT2D eigenvalue weighted by molar-refractivity contribution is 5.90. The van der Waals surface area contributed by atoms with Gasteiger partial charge in [-0.1, -0.05) is 29.8 Å². The number of methoxy groups -OCH3 is 1. The summed E-state index contributed by atoms with van der Waals surface area (Å²) >= 11 is 0. The lowest BCUT2D eigenvalue weighted by atomic mass is 10.0. The molecule has 0 radical (unpaired) electrons. The molecule has 0 aliphatic rings. The van der Waals surface area contributed by atoms with Crippen molar-refractivity contribution in [2.75, 3.05) is 7.11 Å². The molecular weight excluding hydrogens is 282 g/mol. The molecule has 2 N–H and O–H groups in total. The van der Waals surface area contributed by atoms with E-state index in [4.69, 9.17) is 10.5 Å². The molecule has 1 unspecified atom stereocenters. The fourth-order valence-corrected chi connectivity index (χ4v) is 2.33. The van der Waals surface area contributed by atoms with Gasteiger partial charge in [0, 0.05) is 6.20 Å². The number of imidazole rings is 1. The summed E-state index contributed by atoms with van der Waals surface area (Å²) < 4.78 is 6.42. The molecular formula is C16H19N3O3. The van der Waals surface area contributed by atoms with E-state index in [2.05, 4.69) is 11.1 Å². The number of rotatable bonds is 6. The third-order valence-corrected chi connectivity index (χ3v) is 3.48. The molecule has 1 heterocycles. The summed E-state index contributed by atoms with van der Waals surface area (Å²) in [5.41, 5.74) is 7.63. The fraction of sp³-hybridized carbons (Fsp3) is 0.312. The van der Waals surface area contributed by atoms with Crippen LogP contribution in [0, 0.1) is 6.92 Å². The number of hydrogen-bond acceptors (Lipinski definition) is 4. The molecule has 0 aliphatic heterocycles. The Morgan fingerprint density at radius 1 is 1.41 bits per heavy atom. The summed E-state index contributed by atoms with van der Waals surface area (Å²) in [5.74, 6) is -0.998. The van der Waals surface area contributed by atoms with Crippen LogP contribution in [0.25, 0.3) is 0 Å². The van der Waals surface area contributed by atoms with Crippen LogP contribution in [0.5, 0.6) is 0 Å². The third-order valence-electron chi connectivity index (χ3n) is 3.48. The van der Waals surface area contributed by atoms with Crippen LogP contribution in [-0.4, -0.2) is 28.5 Å². The molecule has 0 bridgehead atoms.